The summed E-state index contributed by atoms with van der Waals surface area (Å²) in [7, 11) is 0. The molecule has 0 bridgehead atoms. The van der Waals surface area contributed by atoms with Gasteiger partial charge in [-0.3, -0.25) is 4.79 Å². The molecular formula is C27H44O. The summed E-state index contributed by atoms with van der Waals surface area (Å²) in [5.41, 5.74) is 0.958. The van der Waals surface area contributed by atoms with Crippen molar-refractivity contribution in [2.45, 2.75) is 98.8 Å². The highest BCUT2D eigenvalue weighted by Gasteiger charge is 2.59. The number of hydrogen-bond donors (Lipinski definition) is 0. The fraction of sp³-hybridized carbons (Fsp3) is 0.889. The van der Waals surface area contributed by atoms with Crippen molar-refractivity contribution >= 4 is 5.78 Å². The maximum Gasteiger partial charge on any atom is 0.133 e. The lowest BCUT2D eigenvalue weighted by atomic mass is 9.45. The van der Waals surface area contributed by atoms with Crippen LogP contribution in [0.5, 0.6) is 0 Å². The number of hydrogen-bond acceptors (Lipinski definition) is 1. The van der Waals surface area contributed by atoms with E-state index in [0.717, 1.165) is 42.4 Å². The summed E-state index contributed by atoms with van der Waals surface area (Å²) in [6.45, 7) is 12.0. The molecule has 4 aliphatic rings. The highest BCUT2D eigenvalue weighted by Crippen LogP contribution is 2.67. The minimum atomic E-state index is 0.472. The summed E-state index contributed by atoms with van der Waals surface area (Å²) >= 11 is 0. The maximum atomic E-state index is 12.5. The van der Waals surface area contributed by atoms with Crippen LogP contribution in [0.15, 0.2) is 12.2 Å². The molecule has 8 atom stereocenters. The molecule has 0 aromatic carbocycles. The van der Waals surface area contributed by atoms with Crippen molar-refractivity contribution in [2.75, 3.05) is 0 Å². The lowest BCUT2D eigenvalue weighted by molar-refractivity contribution is -0.122. The van der Waals surface area contributed by atoms with E-state index < -0.39 is 0 Å². The maximum absolute atomic E-state index is 12.5. The normalized spacial score (nSPS) is 46.0. The average molecular weight is 385 g/mol. The van der Waals surface area contributed by atoms with Gasteiger partial charge in [-0.2, -0.15) is 0 Å². The van der Waals surface area contributed by atoms with Crippen molar-refractivity contribution in [3.63, 3.8) is 0 Å². The first-order chi connectivity index (χ1) is 13.3. The third-order valence-electron chi connectivity index (χ3n) is 10.1. The molecule has 28 heavy (non-hydrogen) atoms. The van der Waals surface area contributed by atoms with Gasteiger partial charge in [0.1, 0.15) is 5.78 Å². The third kappa shape index (κ3) is 3.33. The molecule has 0 N–H and O–H groups in total. The highest BCUT2D eigenvalue weighted by atomic mass is 16.1. The summed E-state index contributed by atoms with van der Waals surface area (Å²) in [6.07, 6.45) is 18.0. The molecule has 4 rings (SSSR count). The first-order valence-electron chi connectivity index (χ1n) is 12.4. The van der Waals surface area contributed by atoms with Gasteiger partial charge in [0, 0.05) is 12.8 Å². The zero-order valence-electron chi connectivity index (χ0n) is 19.2. The van der Waals surface area contributed by atoms with Crippen molar-refractivity contribution in [1.29, 1.82) is 0 Å². The molecule has 1 heteroatoms. The molecule has 0 amide bonds. The molecule has 0 spiro atoms. The van der Waals surface area contributed by atoms with Crippen molar-refractivity contribution in [3.05, 3.63) is 12.2 Å². The first-order valence-corrected chi connectivity index (χ1v) is 12.4. The molecule has 3 saturated carbocycles. The van der Waals surface area contributed by atoms with Gasteiger partial charge in [-0.15, -0.1) is 0 Å². The van der Waals surface area contributed by atoms with E-state index in [1.807, 2.05) is 0 Å². The van der Waals surface area contributed by atoms with Gasteiger partial charge >= 0.3 is 0 Å². The second-order valence-corrected chi connectivity index (χ2v) is 12.0. The summed E-state index contributed by atoms with van der Waals surface area (Å²) < 4.78 is 0. The van der Waals surface area contributed by atoms with Gasteiger partial charge in [0.15, 0.2) is 0 Å². The molecule has 0 aliphatic heterocycles. The molecule has 4 aliphatic carbocycles. The second kappa shape index (κ2) is 7.59. The van der Waals surface area contributed by atoms with Crippen molar-refractivity contribution in [2.24, 2.45) is 52.3 Å². The fourth-order valence-corrected chi connectivity index (χ4v) is 8.83. The lowest BCUT2D eigenvalue weighted by Gasteiger charge is -2.59. The topological polar surface area (TPSA) is 17.1 Å². The average Bonchev–Trinajstić information content (AvgIpc) is 2.97. The number of ketones is 1. The summed E-state index contributed by atoms with van der Waals surface area (Å²) in [5.74, 6) is 6.04. The van der Waals surface area contributed by atoms with Crippen LogP contribution in [0.3, 0.4) is 0 Å². The van der Waals surface area contributed by atoms with E-state index in [4.69, 9.17) is 0 Å². The predicted molar refractivity (Wildman–Crippen MR) is 118 cm³/mol. The minimum absolute atomic E-state index is 0.472. The van der Waals surface area contributed by atoms with Crippen molar-refractivity contribution in [3.8, 4) is 0 Å². The molecule has 0 aromatic rings. The van der Waals surface area contributed by atoms with E-state index in [-0.39, 0.29) is 0 Å². The standard InChI is InChI=1S/C27H44O/c1-18(2)16-21(28)17-19(3)23-11-12-24-22-10-9-20-8-6-7-14-26(20,4)25(22)13-15-27(23,24)5/h7,14,18-20,22-25H,6,8-13,15-17H2,1-5H3/t19-,20?,22+,23-,24+,25+,26+,27-/m1/s1. The number of rotatable bonds is 5. The van der Waals surface area contributed by atoms with E-state index >= 15 is 0 Å². The monoisotopic (exact) mass is 384 g/mol. The van der Waals surface area contributed by atoms with Gasteiger partial charge in [0.25, 0.3) is 0 Å². The highest BCUT2D eigenvalue weighted by molar-refractivity contribution is 5.78. The van der Waals surface area contributed by atoms with Crippen LogP contribution in [-0.4, -0.2) is 5.78 Å². The van der Waals surface area contributed by atoms with Crippen molar-refractivity contribution < 1.29 is 4.79 Å². The van der Waals surface area contributed by atoms with Crippen LogP contribution in [0.4, 0.5) is 0 Å². The van der Waals surface area contributed by atoms with E-state index in [1.54, 1.807) is 0 Å². The van der Waals surface area contributed by atoms with Crippen LogP contribution in [0.25, 0.3) is 0 Å². The van der Waals surface area contributed by atoms with Crippen LogP contribution in [0.1, 0.15) is 98.8 Å². The lowest BCUT2D eigenvalue weighted by Crippen LogP contribution is -2.52. The Hall–Kier alpha value is -0.590. The van der Waals surface area contributed by atoms with Crippen LogP contribution >= 0.6 is 0 Å². The van der Waals surface area contributed by atoms with E-state index in [1.165, 1.54) is 51.4 Å². The zero-order valence-corrected chi connectivity index (χ0v) is 19.2. The summed E-state index contributed by atoms with van der Waals surface area (Å²) in [5, 5.41) is 0. The van der Waals surface area contributed by atoms with Gasteiger partial charge < -0.3 is 0 Å². The van der Waals surface area contributed by atoms with Crippen LogP contribution in [-0.2, 0) is 4.79 Å². The largest absolute Gasteiger partial charge is 0.300 e. The molecule has 1 unspecified atom stereocenters. The fourth-order valence-electron chi connectivity index (χ4n) is 8.83. The molecule has 0 radical (unpaired) electrons. The Labute approximate surface area is 174 Å². The van der Waals surface area contributed by atoms with Crippen LogP contribution in [0.2, 0.25) is 0 Å². The minimum Gasteiger partial charge on any atom is -0.300 e. The Morgan fingerprint density at radius 3 is 2.50 bits per heavy atom. The molecule has 3 fully saturated rings. The summed E-state index contributed by atoms with van der Waals surface area (Å²) in [4.78, 5) is 12.5. The van der Waals surface area contributed by atoms with Crippen molar-refractivity contribution in [1.82, 2.24) is 0 Å². The zero-order chi connectivity index (χ0) is 20.1. The quantitative estimate of drug-likeness (QED) is 0.450. The number of carbonyl (C=O) groups excluding carboxylic acids is 1. The Balaban J connectivity index is 1.50. The van der Waals surface area contributed by atoms with Gasteiger partial charge in [-0.1, -0.05) is 46.8 Å². The molecule has 158 valence electrons. The number of Topliss-reactive ketones (excluding diaryl/α,β-unsaturated/α-hetero) is 1. The van der Waals surface area contributed by atoms with Gasteiger partial charge in [0.2, 0.25) is 0 Å². The number of allylic oxidation sites excluding steroid dienone is 2. The smallest absolute Gasteiger partial charge is 0.133 e. The molecule has 0 heterocycles. The number of carbonyl (C=O) groups is 1. The Kier molecular flexibility index (Phi) is 5.60. The van der Waals surface area contributed by atoms with Crippen LogP contribution in [0, 0.1) is 52.3 Å². The van der Waals surface area contributed by atoms with E-state index in [0.29, 0.717) is 28.4 Å². The Morgan fingerprint density at radius 2 is 1.75 bits per heavy atom. The van der Waals surface area contributed by atoms with Gasteiger partial charge in [-0.25, -0.2) is 0 Å². The molecule has 1 nitrogen and oxygen atoms in total. The third-order valence-corrected chi connectivity index (χ3v) is 10.1. The predicted octanol–water partition coefficient (Wildman–Crippen LogP) is 7.45. The van der Waals surface area contributed by atoms with E-state index in [2.05, 4.69) is 46.8 Å². The molecule has 0 aromatic heterocycles. The second-order valence-electron chi connectivity index (χ2n) is 12.0. The summed E-state index contributed by atoms with van der Waals surface area (Å²) in [6, 6.07) is 0. The molecule has 0 saturated heterocycles. The van der Waals surface area contributed by atoms with Gasteiger partial charge in [0.05, 0.1) is 0 Å². The first kappa shape index (κ1) is 20.7. The number of fused-ring (bicyclic) bond motifs is 5. The van der Waals surface area contributed by atoms with Gasteiger partial charge in [-0.05, 0) is 104 Å². The van der Waals surface area contributed by atoms with Crippen LogP contribution < -0.4 is 0 Å². The Morgan fingerprint density at radius 1 is 0.964 bits per heavy atom. The Bertz CT molecular complexity index is 618. The SMILES string of the molecule is CC(C)CC(=O)C[C@@H](C)[C@H]1CC[C@H]2[C@@H]3CCC4CCC=C[C@]4(C)[C@H]3CC[C@]12C. The van der Waals surface area contributed by atoms with E-state index in [9.17, 15) is 4.79 Å². The molecular weight excluding hydrogens is 340 g/mol.